The predicted octanol–water partition coefficient (Wildman–Crippen LogP) is 3.35. The number of rotatable bonds is 3. The fourth-order valence-corrected chi connectivity index (χ4v) is 4.10. The second-order valence-electron chi connectivity index (χ2n) is 9.06. The molecule has 1 aromatic carbocycles. The number of hydrogen-bond acceptors (Lipinski definition) is 7. The van der Waals surface area contributed by atoms with Crippen LogP contribution in [0.3, 0.4) is 0 Å². The number of carbonyl (C=O) groups is 1. The van der Waals surface area contributed by atoms with Crippen LogP contribution in [-0.2, 0) is 9.47 Å². The van der Waals surface area contributed by atoms with Crippen molar-refractivity contribution in [3.8, 4) is 0 Å². The van der Waals surface area contributed by atoms with Crippen LogP contribution in [-0.4, -0.2) is 70.7 Å². The third-order valence-corrected chi connectivity index (χ3v) is 5.66. The summed E-state index contributed by atoms with van der Waals surface area (Å²) in [6.07, 6.45) is 3.10. The van der Waals surface area contributed by atoms with Crippen LogP contribution in [0.4, 0.5) is 16.2 Å². The molecule has 2 saturated heterocycles. The topological polar surface area (TPSA) is 103 Å². The van der Waals surface area contributed by atoms with E-state index in [1.807, 2.05) is 42.6 Å². The predicted molar refractivity (Wildman–Crippen MR) is 115 cm³/mol. The molecule has 0 spiro atoms. The molecule has 0 N–H and O–H groups in total. The quantitative estimate of drug-likeness (QED) is 0.542. The average molecular weight is 431 g/mol. The van der Waals surface area contributed by atoms with Crippen molar-refractivity contribution in [3.63, 3.8) is 0 Å². The summed E-state index contributed by atoms with van der Waals surface area (Å²) in [7, 11) is 0. The van der Waals surface area contributed by atoms with Gasteiger partial charge in [0.15, 0.2) is 0 Å². The Kier molecular flexibility index (Phi) is 5.74. The summed E-state index contributed by atoms with van der Waals surface area (Å²) < 4.78 is 12.7. The second-order valence-corrected chi connectivity index (χ2v) is 9.06. The molecule has 31 heavy (non-hydrogen) atoms. The van der Waals surface area contributed by atoms with Gasteiger partial charge in [-0.2, -0.15) is 5.10 Å². The summed E-state index contributed by atoms with van der Waals surface area (Å²) in [5.74, 6) is 0. The molecule has 2 aliphatic heterocycles. The summed E-state index contributed by atoms with van der Waals surface area (Å²) in [6, 6.07) is 3.56. The van der Waals surface area contributed by atoms with Gasteiger partial charge in [0.05, 0.1) is 29.7 Å². The highest BCUT2D eigenvalue weighted by Gasteiger charge is 2.29. The molecule has 168 valence electrons. The van der Waals surface area contributed by atoms with Gasteiger partial charge in [-0.1, -0.05) is 0 Å². The maximum atomic E-state index is 12.3. The van der Waals surface area contributed by atoms with Crippen molar-refractivity contribution in [1.82, 2.24) is 14.7 Å². The van der Waals surface area contributed by atoms with Gasteiger partial charge in [0.25, 0.3) is 5.69 Å². The first-order valence-electron chi connectivity index (χ1n) is 10.7. The van der Waals surface area contributed by atoms with Gasteiger partial charge in [0.2, 0.25) is 0 Å². The number of nitro groups is 1. The van der Waals surface area contributed by atoms with Crippen molar-refractivity contribution in [3.05, 3.63) is 28.4 Å². The number of anilines is 1. The zero-order valence-electron chi connectivity index (χ0n) is 18.2. The summed E-state index contributed by atoms with van der Waals surface area (Å²) in [4.78, 5) is 27.4. The molecule has 1 aromatic heterocycles. The van der Waals surface area contributed by atoms with Crippen molar-refractivity contribution in [2.45, 2.75) is 45.3 Å². The van der Waals surface area contributed by atoms with Gasteiger partial charge in [0, 0.05) is 43.8 Å². The Morgan fingerprint density at radius 3 is 2.48 bits per heavy atom. The molecule has 2 aromatic rings. The number of carbonyl (C=O) groups excluding carboxylic acids is 1. The van der Waals surface area contributed by atoms with Crippen LogP contribution in [0.5, 0.6) is 0 Å². The highest BCUT2D eigenvalue weighted by atomic mass is 16.6. The minimum Gasteiger partial charge on any atom is -0.444 e. The van der Waals surface area contributed by atoms with Gasteiger partial charge < -0.3 is 19.3 Å². The molecule has 10 heteroatoms. The highest BCUT2D eigenvalue weighted by molar-refractivity contribution is 5.87. The Labute approximate surface area is 180 Å². The third kappa shape index (κ3) is 4.73. The number of aromatic nitrogens is 2. The molecule has 0 saturated carbocycles. The molecule has 0 unspecified atom stereocenters. The fourth-order valence-electron chi connectivity index (χ4n) is 4.10. The van der Waals surface area contributed by atoms with Gasteiger partial charge in [-0.3, -0.25) is 14.8 Å². The van der Waals surface area contributed by atoms with Crippen molar-refractivity contribution >= 4 is 28.4 Å². The number of amides is 1. The van der Waals surface area contributed by atoms with Gasteiger partial charge in [-0.15, -0.1) is 0 Å². The van der Waals surface area contributed by atoms with Gasteiger partial charge in [-0.05, 0) is 39.7 Å². The van der Waals surface area contributed by atoms with Gasteiger partial charge in [0.1, 0.15) is 11.3 Å². The largest absolute Gasteiger partial charge is 0.444 e. The molecule has 4 rings (SSSR count). The summed E-state index contributed by atoms with van der Waals surface area (Å²) in [6.45, 7) is 9.11. The first kappa shape index (κ1) is 21.4. The molecule has 10 nitrogen and oxygen atoms in total. The molecule has 0 aliphatic carbocycles. The normalized spacial score (nSPS) is 18.4. The number of morpholine rings is 1. The van der Waals surface area contributed by atoms with Gasteiger partial charge >= 0.3 is 6.09 Å². The fraction of sp³-hybridized carbons (Fsp3) is 0.619. The first-order chi connectivity index (χ1) is 14.7. The molecule has 2 aliphatic rings. The minimum absolute atomic E-state index is 0.0914. The molecular weight excluding hydrogens is 402 g/mol. The highest BCUT2D eigenvalue weighted by Crippen LogP contribution is 2.34. The van der Waals surface area contributed by atoms with Crippen LogP contribution in [0.2, 0.25) is 0 Å². The van der Waals surface area contributed by atoms with E-state index in [1.54, 1.807) is 11.0 Å². The Balaban J connectivity index is 1.52. The lowest BCUT2D eigenvalue weighted by molar-refractivity contribution is -0.384. The summed E-state index contributed by atoms with van der Waals surface area (Å²) in [5.41, 5.74) is 0.904. The molecule has 2 fully saturated rings. The van der Waals surface area contributed by atoms with E-state index in [0.29, 0.717) is 45.1 Å². The molecule has 0 radical (unpaired) electrons. The van der Waals surface area contributed by atoms with Crippen LogP contribution in [0.25, 0.3) is 10.9 Å². The maximum Gasteiger partial charge on any atom is 0.410 e. The zero-order chi connectivity index (χ0) is 22.2. The Hall–Kier alpha value is -2.88. The number of piperidine rings is 1. The van der Waals surface area contributed by atoms with E-state index in [9.17, 15) is 14.9 Å². The lowest BCUT2D eigenvalue weighted by Gasteiger charge is -2.33. The number of hydrogen-bond donors (Lipinski definition) is 0. The number of benzene rings is 1. The average Bonchev–Trinajstić information content (AvgIpc) is 3.15. The lowest BCUT2D eigenvalue weighted by Crippen LogP contribution is -2.42. The van der Waals surface area contributed by atoms with E-state index >= 15 is 0 Å². The molecule has 1 amide bonds. The smallest absolute Gasteiger partial charge is 0.410 e. The van der Waals surface area contributed by atoms with Crippen molar-refractivity contribution in [2.24, 2.45) is 0 Å². The van der Waals surface area contributed by atoms with Crippen molar-refractivity contribution in [2.75, 3.05) is 44.3 Å². The van der Waals surface area contributed by atoms with Crippen LogP contribution in [0.15, 0.2) is 18.3 Å². The van der Waals surface area contributed by atoms with E-state index < -0.39 is 5.60 Å². The standard InChI is InChI=1S/C21H29N5O5/c1-21(2,3)31-20(27)24-6-4-16(5-7-24)25-14-15-12-19(26(28)29)18(13-17(15)22-25)23-8-10-30-11-9-23/h12-14,16H,4-11H2,1-3H3. The van der Waals surface area contributed by atoms with E-state index in [4.69, 9.17) is 14.6 Å². The molecule has 0 bridgehead atoms. The summed E-state index contributed by atoms with van der Waals surface area (Å²) in [5, 5.41) is 17.2. The number of fused-ring (bicyclic) bond motifs is 1. The minimum atomic E-state index is -0.513. The third-order valence-electron chi connectivity index (χ3n) is 5.66. The Morgan fingerprint density at radius 2 is 1.87 bits per heavy atom. The second kappa shape index (κ2) is 8.33. The monoisotopic (exact) mass is 431 g/mol. The molecule has 0 atom stereocenters. The molecule has 3 heterocycles. The maximum absolute atomic E-state index is 12.3. The molecular formula is C21H29N5O5. The van der Waals surface area contributed by atoms with Gasteiger partial charge in [-0.25, -0.2) is 4.79 Å². The number of ether oxygens (including phenoxy) is 2. The van der Waals surface area contributed by atoms with Crippen molar-refractivity contribution < 1.29 is 19.2 Å². The van der Waals surface area contributed by atoms with Crippen LogP contribution in [0.1, 0.15) is 39.7 Å². The number of nitrogens with zero attached hydrogens (tertiary/aromatic N) is 5. The van der Waals surface area contributed by atoms with Crippen molar-refractivity contribution in [1.29, 1.82) is 0 Å². The Bertz CT molecular complexity index is 968. The zero-order valence-corrected chi connectivity index (χ0v) is 18.2. The van der Waals surface area contributed by atoms with Crippen LogP contribution < -0.4 is 4.90 Å². The SMILES string of the molecule is CC(C)(C)OC(=O)N1CCC(n2cc3cc([N+](=O)[O-])c(N4CCOCC4)cc3n2)CC1. The summed E-state index contributed by atoms with van der Waals surface area (Å²) >= 11 is 0. The number of nitro benzene ring substituents is 1. The van der Waals surface area contributed by atoms with Crippen LogP contribution >= 0.6 is 0 Å². The van der Waals surface area contributed by atoms with Crippen LogP contribution in [0, 0.1) is 10.1 Å². The van der Waals surface area contributed by atoms with E-state index in [2.05, 4.69) is 0 Å². The van der Waals surface area contributed by atoms with E-state index in [-0.39, 0.29) is 22.7 Å². The van der Waals surface area contributed by atoms with E-state index in [0.717, 1.165) is 23.7 Å². The lowest BCUT2D eigenvalue weighted by atomic mass is 10.1. The van der Waals surface area contributed by atoms with E-state index in [1.165, 1.54) is 0 Å². The Morgan fingerprint density at radius 1 is 1.19 bits per heavy atom. The first-order valence-corrected chi connectivity index (χ1v) is 10.7. The number of likely N-dealkylation sites (tertiary alicyclic amines) is 1.